The van der Waals surface area contributed by atoms with Crippen LogP contribution in [0.1, 0.15) is 310 Å². The minimum atomic E-state index is -0.765. The van der Waals surface area contributed by atoms with Gasteiger partial charge in [-0.2, -0.15) is 0 Å². The molecule has 0 spiro atoms. The normalized spacial score (nSPS) is 12.0. The van der Waals surface area contributed by atoms with Crippen molar-refractivity contribution in [3.05, 3.63) is 12.2 Å². The van der Waals surface area contributed by atoms with Gasteiger partial charge in [0, 0.05) is 19.3 Å². The Balaban J connectivity index is 4.28. The molecule has 0 aliphatic carbocycles. The van der Waals surface area contributed by atoms with E-state index in [1.807, 2.05) is 0 Å². The molecule has 1 atom stereocenters. The Bertz CT molecular complexity index is 962. The van der Waals surface area contributed by atoms with E-state index in [2.05, 4.69) is 32.9 Å². The second kappa shape index (κ2) is 51.8. The SMILES string of the molecule is CCCCCCCCCC/C=C\CCCCCCCCCC(=O)OCC(COC(=O)CCCCCCCCCCCCCC)OC(=O)CCCCCCCCCCCCCCC. The molecule has 6 heteroatoms. The number of esters is 3. The lowest BCUT2D eigenvalue weighted by Crippen LogP contribution is -2.30. The van der Waals surface area contributed by atoms with Gasteiger partial charge < -0.3 is 14.2 Å². The van der Waals surface area contributed by atoms with Gasteiger partial charge in [0.25, 0.3) is 0 Å². The Morgan fingerprint density at radius 3 is 0.806 bits per heavy atom. The summed E-state index contributed by atoms with van der Waals surface area (Å²) in [5.41, 5.74) is 0. The molecule has 0 aliphatic rings. The molecule has 0 aromatic rings. The van der Waals surface area contributed by atoms with E-state index in [1.165, 1.54) is 212 Å². The Hall–Kier alpha value is -1.85. The highest BCUT2D eigenvalue weighted by Gasteiger charge is 2.19. The van der Waals surface area contributed by atoms with Gasteiger partial charge in [0.1, 0.15) is 13.2 Å². The largest absolute Gasteiger partial charge is 0.462 e. The number of carbonyl (C=O) groups is 3. The van der Waals surface area contributed by atoms with Gasteiger partial charge in [-0.05, 0) is 44.9 Å². The molecule has 366 valence electrons. The first kappa shape index (κ1) is 60.2. The minimum absolute atomic E-state index is 0.0657. The lowest BCUT2D eigenvalue weighted by atomic mass is 10.0. The van der Waals surface area contributed by atoms with Crippen molar-refractivity contribution in [3.63, 3.8) is 0 Å². The molecule has 6 nitrogen and oxygen atoms in total. The third-order valence-corrected chi connectivity index (χ3v) is 12.5. The molecule has 0 aromatic carbocycles. The maximum absolute atomic E-state index is 12.8. The number of ether oxygens (including phenoxy) is 3. The molecule has 0 saturated carbocycles. The third-order valence-electron chi connectivity index (χ3n) is 12.5. The predicted molar refractivity (Wildman–Crippen MR) is 266 cm³/mol. The average molecular weight is 875 g/mol. The first-order valence-electron chi connectivity index (χ1n) is 27.7. The van der Waals surface area contributed by atoms with Crippen molar-refractivity contribution in [2.45, 2.75) is 316 Å². The molecule has 1 unspecified atom stereocenters. The third kappa shape index (κ3) is 49.2. The fraction of sp³-hybridized carbons (Fsp3) is 0.911. The fourth-order valence-electron chi connectivity index (χ4n) is 8.32. The number of allylic oxidation sites excluding steroid dienone is 2. The summed E-state index contributed by atoms with van der Waals surface area (Å²) in [4.78, 5) is 38.0. The van der Waals surface area contributed by atoms with Gasteiger partial charge in [-0.25, -0.2) is 0 Å². The molecular formula is C56H106O6. The van der Waals surface area contributed by atoms with Crippen molar-refractivity contribution < 1.29 is 28.6 Å². The van der Waals surface area contributed by atoms with E-state index in [0.717, 1.165) is 57.8 Å². The van der Waals surface area contributed by atoms with Crippen LogP contribution in [-0.4, -0.2) is 37.2 Å². The van der Waals surface area contributed by atoms with E-state index in [4.69, 9.17) is 14.2 Å². The van der Waals surface area contributed by atoms with Gasteiger partial charge in [0.2, 0.25) is 0 Å². The second-order valence-corrected chi connectivity index (χ2v) is 18.9. The molecule has 0 fully saturated rings. The topological polar surface area (TPSA) is 78.9 Å². The average Bonchev–Trinajstić information content (AvgIpc) is 3.27. The summed E-state index contributed by atoms with van der Waals surface area (Å²) in [5, 5.41) is 0. The van der Waals surface area contributed by atoms with Crippen LogP contribution in [0.15, 0.2) is 12.2 Å². The first-order chi connectivity index (χ1) is 30.5. The van der Waals surface area contributed by atoms with Gasteiger partial charge in [-0.1, -0.05) is 258 Å². The number of rotatable bonds is 51. The van der Waals surface area contributed by atoms with Crippen LogP contribution in [0.3, 0.4) is 0 Å². The minimum Gasteiger partial charge on any atom is -0.462 e. The molecule has 0 heterocycles. The highest BCUT2D eigenvalue weighted by atomic mass is 16.6. The summed E-state index contributed by atoms with van der Waals surface area (Å²) < 4.78 is 16.8. The van der Waals surface area contributed by atoms with Crippen LogP contribution in [0.5, 0.6) is 0 Å². The smallest absolute Gasteiger partial charge is 0.306 e. The Morgan fingerprint density at radius 2 is 0.532 bits per heavy atom. The lowest BCUT2D eigenvalue weighted by molar-refractivity contribution is -0.167. The van der Waals surface area contributed by atoms with Crippen molar-refractivity contribution in [3.8, 4) is 0 Å². The van der Waals surface area contributed by atoms with Gasteiger partial charge >= 0.3 is 17.9 Å². The summed E-state index contributed by atoms with van der Waals surface area (Å²) in [5.74, 6) is -0.850. The van der Waals surface area contributed by atoms with Crippen LogP contribution in [0.4, 0.5) is 0 Å². The van der Waals surface area contributed by atoms with Crippen molar-refractivity contribution >= 4 is 17.9 Å². The van der Waals surface area contributed by atoms with E-state index in [0.29, 0.717) is 19.3 Å². The highest BCUT2D eigenvalue weighted by molar-refractivity contribution is 5.71. The first-order valence-corrected chi connectivity index (χ1v) is 27.7. The van der Waals surface area contributed by atoms with Crippen LogP contribution < -0.4 is 0 Å². The van der Waals surface area contributed by atoms with Crippen LogP contribution in [0.25, 0.3) is 0 Å². The Kier molecular flexibility index (Phi) is 50.2. The van der Waals surface area contributed by atoms with E-state index in [9.17, 15) is 14.4 Å². The van der Waals surface area contributed by atoms with Crippen molar-refractivity contribution in [1.82, 2.24) is 0 Å². The lowest BCUT2D eigenvalue weighted by Gasteiger charge is -2.18. The van der Waals surface area contributed by atoms with E-state index < -0.39 is 6.10 Å². The molecule has 0 aromatic heterocycles. The van der Waals surface area contributed by atoms with Crippen LogP contribution in [-0.2, 0) is 28.6 Å². The maximum atomic E-state index is 12.8. The zero-order valence-corrected chi connectivity index (χ0v) is 41.9. The van der Waals surface area contributed by atoms with Crippen molar-refractivity contribution in [2.24, 2.45) is 0 Å². The summed E-state index contributed by atoms with van der Waals surface area (Å²) in [6.07, 6.45) is 57.7. The van der Waals surface area contributed by atoms with Crippen LogP contribution >= 0.6 is 0 Å². The maximum Gasteiger partial charge on any atom is 0.306 e. The molecule has 0 amide bonds. The number of unbranched alkanes of at least 4 members (excludes halogenated alkanes) is 38. The standard InChI is InChI=1S/C56H106O6/c1-4-7-10-13-16-19-22-25-26-27-28-29-30-32-34-37-40-43-46-49-55(58)61-52-53(51-60-54(57)48-45-42-39-36-33-24-21-18-15-12-9-6-3)62-56(59)50-47-44-41-38-35-31-23-20-17-14-11-8-5-2/h27-28,53H,4-26,29-52H2,1-3H3/b28-27-. The predicted octanol–water partition coefficient (Wildman–Crippen LogP) is 18.2. The van der Waals surface area contributed by atoms with E-state index in [-0.39, 0.29) is 31.1 Å². The molecule has 0 N–H and O–H groups in total. The van der Waals surface area contributed by atoms with Gasteiger partial charge in [-0.15, -0.1) is 0 Å². The molecule has 0 saturated heterocycles. The molecule has 0 radical (unpaired) electrons. The molecule has 0 aliphatic heterocycles. The Labute approximate surface area is 386 Å². The highest BCUT2D eigenvalue weighted by Crippen LogP contribution is 2.16. The van der Waals surface area contributed by atoms with E-state index in [1.54, 1.807) is 0 Å². The van der Waals surface area contributed by atoms with Crippen LogP contribution in [0, 0.1) is 0 Å². The molecular weight excluding hydrogens is 769 g/mol. The second-order valence-electron chi connectivity index (χ2n) is 18.9. The number of carbonyl (C=O) groups excluding carboxylic acids is 3. The summed E-state index contributed by atoms with van der Waals surface area (Å²) in [6.45, 7) is 6.67. The number of hydrogen-bond donors (Lipinski definition) is 0. The van der Waals surface area contributed by atoms with Gasteiger partial charge in [-0.3, -0.25) is 14.4 Å². The fourth-order valence-corrected chi connectivity index (χ4v) is 8.32. The van der Waals surface area contributed by atoms with E-state index >= 15 is 0 Å². The number of hydrogen-bond acceptors (Lipinski definition) is 6. The summed E-state index contributed by atoms with van der Waals surface area (Å²) >= 11 is 0. The Morgan fingerprint density at radius 1 is 0.306 bits per heavy atom. The van der Waals surface area contributed by atoms with Crippen molar-refractivity contribution in [1.29, 1.82) is 0 Å². The molecule has 0 rings (SSSR count). The quantitative estimate of drug-likeness (QED) is 0.0262. The van der Waals surface area contributed by atoms with Gasteiger partial charge in [0.15, 0.2) is 6.10 Å². The zero-order valence-electron chi connectivity index (χ0n) is 41.9. The summed E-state index contributed by atoms with van der Waals surface area (Å²) in [7, 11) is 0. The van der Waals surface area contributed by atoms with Crippen molar-refractivity contribution in [2.75, 3.05) is 13.2 Å². The van der Waals surface area contributed by atoms with Crippen LogP contribution in [0.2, 0.25) is 0 Å². The van der Waals surface area contributed by atoms with Gasteiger partial charge in [0.05, 0.1) is 0 Å². The molecule has 0 bridgehead atoms. The monoisotopic (exact) mass is 875 g/mol. The summed E-state index contributed by atoms with van der Waals surface area (Å²) in [6, 6.07) is 0. The zero-order chi connectivity index (χ0) is 45.1. The molecule has 62 heavy (non-hydrogen) atoms.